The summed E-state index contributed by atoms with van der Waals surface area (Å²) < 4.78 is 38.2. The maximum absolute atomic E-state index is 16.7. The molecule has 2 unspecified atom stereocenters. The molecule has 4 heterocycles. The van der Waals surface area contributed by atoms with Crippen LogP contribution in [0.25, 0.3) is 32.9 Å². The Kier molecular flexibility index (Phi) is 7.28. The number of hydrogen-bond donors (Lipinski definition) is 2. The fourth-order valence-electron chi connectivity index (χ4n) is 9.20. The highest BCUT2D eigenvalue weighted by Crippen LogP contribution is 2.59. The van der Waals surface area contributed by atoms with Gasteiger partial charge in [0.1, 0.15) is 29.5 Å². The average Bonchev–Trinajstić information content (AvgIpc) is 3.59. The van der Waals surface area contributed by atoms with Crippen molar-refractivity contribution in [1.29, 1.82) is 0 Å². The smallest absolute Gasteiger partial charge is 0.408 e. The van der Waals surface area contributed by atoms with E-state index in [1.54, 1.807) is 41.4 Å². The first-order valence-corrected chi connectivity index (χ1v) is 17.2. The van der Waals surface area contributed by atoms with Crippen molar-refractivity contribution in [2.45, 2.75) is 95.3 Å². The van der Waals surface area contributed by atoms with Crippen LogP contribution in [-0.4, -0.2) is 78.8 Å². The molecule has 1 amide bonds. The molecule has 8 rings (SSSR count). The predicted octanol–water partition coefficient (Wildman–Crippen LogP) is 7.63. The summed E-state index contributed by atoms with van der Waals surface area (Å²) in [4.78, 5) is 30.5. The first kappa shape index (κ1) is 31.2. The molecule has 0 radical (unpaired) electrons. The zero-order chi connectivity index (χ0) is 33.4. The lowest BCUT2D eigenvalue weighted by molar-refractivity contribution is -0.108. The Labute approximate surface area is 278 Å². The lowest BCUT2D eigenvalue weighted by Gasteiger charge is -2.65. The molecule has 2 N–H and O–H groups in total. The molecule has 2 aliphatic heterocycles. The van der Waals surface area contributed by atoms with E-state index in [1.165, 1.54) is 6.07 Å². The van der Waals surface area contributed by atoms with Crippen molar-refractivity contribution < 1.29 is 23.4 Å². The number of anilines is 1. The van der Waals surface area contributed by atoms with Gasteiger partial charge in [-0.15, -0.1) is 0 Å². The number of ether oxygens (including phenoxy) is 1. The number of pyridine rings is 1. The predicted molar refractivity (Wildman–Crippen MR) is 180 cm³/mol. The van der Waals surface area contributed by atoms with E-state index in [-0.39, 0.29) is 40.3 Å². The molecule has 252 valence electrons. The van der Waals surface area contributed by atoms with E-state index >= 15 is 8.78 Å². The van der Waals surface area contributed by atoms with Crippen LogP contribution < -0.4 is 10.1 Å². The minimum absolute atomic E-state index is 0.00611. The Bertz CT molecular complexity index is 1910. The Morgan fingerprint density at radius 3 is 2.46 bits per heavy atom. The van der Waals surface area contributed by atoms with Crippen LogP contribution in [0.2, 0.25) is 0 Å². The molecule has 4 aromatic rings. The minimum Gasteiger partial charge on any atom is -0.465 e. The summed E-state index contributed by atoms with van der Waals surface area (Å²) in [5, 5.41) is 15.1. The van der Waals surface area contributed by atoms with Gasteiger partial charge in [0.05, 0.1) is 10.9 Å². The minimum atomic E-state index is -0.920. The fraction of sp³-hybridized carbons (Fsp3) is 0.514. The monoisotopic (exact) mass is 656 g/mol. The standard InChI is InChI=1S/C37H42F2N6O3/c1-35(2,3)45(34(46)47)27-19-26(37(27)15-6-16-37)41-32-24-20-40-30(23-11-4-9-22-10-5-12-25(38)28(22)23)29(39)31(24)42-33(43-32)48-21-36-13-7-17-44(36)18-8-14-36/h4-5,9-12,20,26-27H,6-8,13-19,21H2,1-3H3,(H,46,47)(H,41,42,43). The molecular weight excluding hydrogens is 614 g/mol. The van der Waals surface area contributed by atoms with Crippen LogP contribution in [0.4, 0.5) is 19.4 Å². The molecule has 4 aliphatic rings. The highest BCUT2D eigenvalue weighted by Gasteiger charge is 2.62. The molecule has 0 bridgehead atoms. The molecule has 11 heteroatoms. The Hall–Kier alpha value is -4.12. The fourth-order valence-corrected chi connectivity index (χ4v) is 9.20. The third-order valence-corrected chi connectivity index (χ3v) is 11.7. The molecule has 9 nitrogen and oxygen atoms in total. The van der Waals surface area contributed by atoms with Crippen LogP contribution in [0.15, 0.2) is 42.6 Å². The van der Waals surface area contributed by atoms with Gasteiger partial charge in [0.15, 0.2) is 5.82 Å². The third-order valence-electron chi connectivity index (χ3n) is 11.7. The number of nitrogens with one attached hydrogen (secondary N) is 1. The first-order valence-electron chi connectivity index (χ1n) is 17.2. The largest absolute Gasteiger partial charge is 0.465 e. The van der Waals surface area contributed by atoms with Gasteiger partial charge in [-0.25, -0.2) is 13.6 Å². The van der Waals surface area contributed by atoms with Gasteiger partial charge in [0, 0.05) is 40.2 Å². The zero-order valence-corrected chi connectivity index (χ0v) is 27.7. The topological polar surface area (TPSA) is 104 Å². The summed E-state index contributed by atoms with van der Waals surface area (Å²) >= 11 is 0. The van der Waals surface area contributed by atoms with Gasteiger partial charge in [0.25, 0.3) is 0 Å². The Morgan fingerprint density at radius 1 is 1.06 bits per heavy atom. The molecule has 2 saturated heterocycles. The van der Waals surface area contributed by atoms with E-state index in [4.69, 9.17) is 9.72 Å². The molecule has 1 spiro atoms. The lowest BCUT2D eigenvalue weighted by atomic mass is 9.49. The van der Waals surface area contributed by atoms with Crippen molar-refractivity contribution in [2.75, 3.05) is 25.0 Å². The molecule has 2 aromatic heterocycles. The van der Waals surface area contributed by atoms with Gasteiger partial charge in [0.2, 0.25) is 0 Å². The molecular formula is C37H42F2N6O3. The number of benzene rings is 2. The summed E-state index contributed by atoms with van der Waals surface area (Å²) in [6.07, 6.45) is 8.36. The van der Waals surface area contributed by atoms with Crippen LogP contribution in [0, 0.1) is 17.0 Å². The number of nitrogens with zero attached hydrogens (tertiary/aromatic N) is 5. The van der Waals surface area contributed by atoms with Gasteiger partial charge in [-0.2, -0.15) is 9.97 Å². The summed E-state index contributed by atoms with van der Waals surface area (Å²) in [6, 6.07) is 9.89. The lowest BCUT2D eigenvalue weighted by Crippen LogP contribution is -2.72. The van der Waals surface area contributed by atoms with Crippen molar-refractivity contribution in [3.8, 4) is 17.3 Å². The highest BCUT2D eigenvalue weighted by atomic mass is 19.1. The zero-order valence-electron chi connectivity index (χ0n) is 27.7. The van der Waals surface area contributed by atoms with Gasteiger partial charge >= 0.3 is 12.1 Å². The van der Waals surface area contributed by atoms with E-state index in [0.717, 1.165) is 58.0 Å². The maximum atomic E-state index is 16.7. The number of carboxylic acid groups (broad SMARTS) is 1. The molecule has 2 aromatic carbocycles. The van der Waals surface area contributed by atoms with Crippen molar-refractivity contribution in [1.82, 2.24) is 24.8 Å². The van der Waals surface area contributed by atoms with Crippen LogP contribution in [0.5, 0.6) is 6.01 Å². The van der Waals surface area contributed by atoms with E-state index in [9.17, 15) is 9.90 Å². The van der Waals surface area contributed by atoms with Crippen LogP contribution in [0.1, 0.15) is 72.1 Å². The van der Waals surface area contributed by atoms with Gasteiger partial charge in [-0.1, -0.05) is 36.8 Å². The average molecular weight is 657 g/mol. The van der Waals surface area contributed by atoms with E-state index in [0.29, 0.717) is 40.6 Å². The van der Waals surface area contributed by atoms with Crippen molar-refractivity contribution in [3.63, 3.8) is 0 Å². The van der Waals surface area contributed by atoms with Crippen molar-refractivity contribution in [2.24, 2.45) is 5.41 Å². The number of halogens is 2. The Balaban J connectivity index is 1.20. The van der Waals surface area contributed by atoms with Crippen LogP contribution in [-0.2, 0) is 0 Å². The number of aromatic nitrogens is 3. The molecule has 2 atom stereocenters. The Morgan fingerprint density at radius 2 is 1.79 bits per heavy atom. The van der Waals surface area contributed by atoms with E-state index < -0.39 is 23.3 Å². The van der Waals surface area contributed by atoms with Crippen LogP contribution in [0.3, 0.4) is 0 Å². The highest BCUT2D eigenvalue weighted by molar-refractivity contribution is 5.99. The molecule has 48 heavy (non-hydrogen) atoms. The molecule has 4 fully saturated rings. The maximum Gasteiger partial charge on any atom is 0.408 e. The van der Waals surface area contributed by atoms with Gasteiger partial charge in [-0.3, -0.25) is 14.8 Å². The first-order chi connectivity index (χ1) is 23.0. The van der Waals surface area contributed by atoms with E-state index in [2.05, 4.69) is 20.2 Å². The third kappa shape index (κ3) is 4.79. The summed E-state index contributed by atoms with van der Waals surface area (Å²) in [5.41, 5.74) is -0.453. The summed E-state index contributed by atoms with van der Waals surface area (Å²) in [5.74, 6) is -0.710. The second kappa shape index (κ2) is 11.2. The quantitative estimate of drug-likeness (QED) is 0.209. The summed E-state index contributed by atoms with van der Waals surface area (Å²) in [6.45, 7) is 8.30. The SMILES string of the molecule is CC(C)(C)N(C(=O)O)C1CC(Nc2nc(OCC34CCCN3CCC4)nc3c(F)c(-c4cccc5cccc(F)c45)ncc23)C12CCC2. The number of rotatable bonds is 7. The van der Waals surface area contributed by atoms with Crippen LogP contribution >= 0.6 is 0 Å². The van der Waals surface area contributed by atoms with Crippen molar-refractivity contribution >= 4 is 33.6 Å². The van der Waals surface area contributed by atoms with Gasteiger partial charge < -0.3 is 15.2 Å². The number of fused-ring (bicyclic) bond motifs is 3. The number of hydrogen-bond acceptors (Lipinski definition) is 7. The van der Waals surface area contributed by atoms with Gasteiger partial charge in [-0.05, 0) is 90.3 Å². The number of amides is 1. The normalized spacial score (nSPS) is 22.8. The second-order valence-electron chi connectivity index (χ2n) is 15.2. The number of carbonyl (C=O) groups is 1. The molecule has 2 saturated carbocycles. The second-order valence-corrected chi connectivity index (χ2v) is 15.2. The van der Waals surface area contributed by atoms with Crippen molar-refractivity contribution in [3.05, 3.63) is 54.2 Å². The molecule has 2 aliphatic carbocycles. The van der Waals surface area contributed by atoms with E-state index in [1.807, 2.05) is 20.8 Å². The summed E-state index contributed by atoms with van der Waals surface area (Å²) in [7, 11) is 0.